The summed E-state index contributed by atoms with van der Waals surface area (Å²) in [5.41, 5.74) is 3.68. The molecule has 0 bridgehead atoms. The molecule has 12 nitrogen and oxygen atoms in total. The van der Waals surface area contributed by atoms with Crippen LogP contribution in [-0.2, 0) is 14.1 Å². The summed E-state index contributed by atoms with van der Waals surface area (Å²) in [6.07, 6.45) is 7.63. The lowest BCUT2D eigenvalue weighted by Gasteiger charge is -2.44. The van der Waals surface area contributed by atoms with Crippen molar-refractivity contribution in [3.8, 4) is 11.7 Å². The zero-order valence-corrected chi connectivity index (χ0v) is 24.0. The van der Waals surface area contributed by atoms with Crippen LogP contribution in [0.4, 0.5) is 11.5 Å². The number of hydrogen-bond acceptors (Lipinski definition) is 8. The molecule has 0 atom stereocenters. The highest BCUT2D eigenvalue weighted by atomic mass is 16.5. The van der Waals surface area contributed by atoms with Crippen LogP contribution in [0.3, 0.4) is 0 Å². The van der Waals surface area contributed by atoms with Crippen LogP contribution in [-0.4, -0.2) is 69.8 Å². The maximum atomic E-state index is 13.7. The predicted molar refractivity (Wildman–Crippen MR) is 158 cm³/mol. The van der Waals surface area contributed by atoms with Gasteiger partial charge in [-0.25, -0.2) is 4.68 Å². The summed E-state index contributed by atoms with van der Waals surface area (Å²) in [7, 11) is 3.68. The molecule has 3 aliphatic rings. The molecule has 5 aromatic rings. The smallest absolute Gasteiger partial charge is 0.253 e. The van der Waals surface area contributed by atoms with E-state index in [1.165, 1.54) is 5.56 Å². The van der Waals surface area contributed by atoms with Gasteiger partial charge in [0.05, 0.1) is 23.7 Å². The topological polar surface area (TPSA) is 125 Å². The normalized spacial score (nSPS) is 17.7. The number of aryl methyl sites for hydroxylation is 2. The summed E-state index contributed by atoms with van der Waals surface area (Å²) < 4.78 is 11.9. The number of hydrogen-bond donors (Lipinski definition) is 1. The second kappa shape index (κ2) is 9.51. The molecule has 43 heavy (non-hydrogen) atoms. The van der Waals surface area contributed by atoms with Gasteiger partial charge in [-0.3, -0.25) is 18.8 Å². The molecule has 12 heteroatoms. The van der Waals surface area contributed by atoms with Gasteiger partial charge in [-0.05, 0) is 71.1 Å². The standard InChI is InChI=1S/C31H31N9O3/c1-37-28(9-12-32-37)33-21-6-8-27-23(16-21)26(41)17-31(43-27)10-13-39(14-11-31)29(42)20-5-7-25-22(15-20)24(19-3-4-19)18-40(25)30-34-35-36-38(30)2/h5-9,12,15-16,18-19,33H,3-4,10-11,13-14,17H2,1-2H3. The van der Waals surface area contributed by atoms with E-state index in [0.29, 0.717) is 61.1 Å². The second-order valence-corrected chi connectivity index (χ2v) is 11.9. The van der Waals surface area contributed by atoms with E-state index in [4.69, 9.17) is 4.74 Å². The molecule has 218 valence electrons. The third-order valence-electron chi connectivity index (χ3n) is 9.06. The van der Waals surface area contributed by atoms with Gasteiger partial charge in [-0.1, -0.05) is 5.10 Å². The molecule has 1 amide bonds. The molecule has 0 radical (unpaired) electrons. The number of carbonyl (C=O) groups excluding carboxylic acids is 2. The summed E-state index contributed by atoms with van der Waals surface area (Å²) >= 11 is 0. The number of rotatable bonds is 5. The molecule has 1 saturated heterocycles. The number of Topliss-reactive ketones (excluding diaryl/α,β-unsaturated/α-hetero) is 1. The molecule has 1 N–H and O–H groups in total. The van der Waals surface area contributed by atoms with Crippen LogP contribution in [0.2, 0.25) is 0 Å². The lowest BCUT2D eigenvalue weighted by Crippen LogP contribution is -2.52. The maximum absolute atomic E-state index is 13.7. The van der Waals surface area contributed by atoms with E-state index in [1.54, 1.807) is 15.6 Å². The molecule has 2 aliphatic heterocycles. The van der Waals surface area contributed by atoms with E-state index < -0.39 is 5.60 Å². The molecule has 1 spiro atoms. The van der Waals surface area contributed by atoms with E-state index >= 15 is 0 Å². The number of benzene rings is 2. The minimum absolute atomic E-state index is 0.00000994. The number of tetrazole rings is 1. The van der Waals surface area contributed by atoms with Gasteiger partial charge < -0.3 is 15.0 Å². The summed E-state index contributed by atoms with van der Waals surface area (Å²) in [6, 6.07) is 13.4. The third-order valence-corrected chi connectivity index (χ3v) is 9.06. The zero-order chi connectivity index (χ0) is 29.3. The number of ketones is 1. The van der Waals surface area contributed by atoms with Crippen molar-refractivity contribution in [3.05, 3.63) is 71.5 Å². The fourth-order valence-electron chi connectivity index (χ4n) is 6.50. The van der Waals surface area contributed by atoms with Crippen LogP contribution < -0.4 is 10.1 Å². The molecular weight excluding hydrogens is 546 g/mol. The second-order valence-electron chi connectivity index (χ2n) is 11.9. The van der Waals surface area contributed by atoms with Gasteiger partial charge in [0.25, 0.3) is 11.9 Å². The Morgan fingerprint density at radius 1 is 1.05 bits per heavy atom. The number of likely N-dealkylation sites (tertiary alicyclic amines) is 1. The van der Waals surface area contributed by atoms with Gasteiger partial charge in [-0.2, -0.15) is 5.10 Å². The van der Waals surface area contributed by atoms with Crippen LogP contribution in [0.1, 0.15) is 64.3 Å². The van der Waals surface area contributed by atoms with Gasteiger partial charge in [-0.15, -0.1) is 0 Å². The van der Waals surface area contributed by atoms with Crippen molar-refractivity contribution in [2.24, 2.45) is 14.1 Å². The maximum Gasteiger partial charge on any atom is 0.253 e. The van der Waals surface area contributed by atoms with Gasteiger partial charge >= 0.3 is 0 Å². The number of carbonyl (C=O) groups is 2. The third kappa shape index (κ3) is 4.36. The Kier molecular flexibility index (Phi) is 5.68. The van der Waals surface area contributed by atoms with Crippen molar-refractivity contribution in [2.45, 2.75) is 43.6 Å². The summed E-state index contributed by atoms with van der Waals surface area (Å²) in [5.74, 6) is 2.64. The van der Waals surface area contributed by atoms with Crippen LogP contribution in [0, 0.1) is 0 Å². The monoisotopic (exact) mass is 577 g/mol. The van der Waals surface area contributed by atoms with Gasteiger partial charge in [0.15, 0.2) is 5.78 Å². The fourth-order valence-corrected chi connectivity index (χ4v) is 6.50. The summed E-state index contributed by atoms with van der Waals surface area (Å²) in [6.45, 7) is 1.06. The number of fused-ring (bicyclic) bond motifs is 2. The highest BCUT2D eigenvalue weighted by molar-refractivity contribution is 6.02. The largest absolute Gasteiger partial charge is 0.486 e. The Balaban J connectivity index is 0.994. The minimum Gasteiger partial charge on any atom is -0.486 e. The van der Waals surface area contributed by atoms with Gasteiger partial charge in [0, 0.05) is 68.9 Å². The number of ether oxygens (including phenoxy) is 1. The Hall–Kier alpha value is -5.00. The molecule has 3 aromatic heterocycles. The first kappa shape index (κ1) is 25.7. The Morgan fingerprint density at radius 3 is 2.60 bits per heavy atom. The lowest BCUT2D eigenvalue weighted by atomic mass is 9.82. The number of amides is 1. The van der Waals surface area contributed by atoms with Crippen LogP contribution >= 0.6 is 0 Å². The fraction of sp³-hybridized carbons (Fsp3) is 0.355. The quantitative estimate of drug-likeness (QED) is 0.330. The van der Waals surface area contributed by atoms with Crippen molar-refractivity contribution in [3.63, 3.8) is 0 Å². The van der Waals surface area contributed by atoms with Gasteiger partial charge in [0.1, 0.15) is 17.2 Å². The van der Waals surface area contributed by atoms with Crippen molar-refractivity contribution >= 4 is 34.1 Å². The van der Waals surface area contributed by atoms with Crippen molar-refractivity contribution in [2.75, 3.05) is 18.4 Å². The highest BCUT2D eigenvalue weighted by Crippen LogP contribution is 2.45. The molecular formula is C31H31N9O3. The van der Waals surface area contributed by atoms with Crippen molar-refractivity contribution < 1.29 is 14.3 Å². The molecule has 2 aromatic carbocycles. The molecule has 5 heterocycles. The summed E-state index contributed by atoms with van der Waals surface area (Å²) in [4.78, 5) is 28.9. The van der Waals surface area contributed by atoms with Gasteiger partial charge in [0.2, 0.25) is 0 Å². The minimum atomic E-state index is -0.595. The number of aromatic nitrogens is 7. The van der Waals surface area contributed by atoms with Crippen LogP contribution in [0.15, 0.2) is 54.9 Å². The average molecular weight is 578 g/mol. The Morgan fingerprint density at radius 2 is 1.88 bits per heavy atom. The van der Waals surface area contributed by atoms with Crippen molar-refractivity contribution in [1.29, 1.82) is 0 Å². The lowest BCUT2D eigenvalue weighted by molar-refractivity contribution is -0.00569. The number of piperidine rings is 1. The first-order valence-electron chi connectivity index (χ1n) is 14.7. The summed E-state index contributed by atoms with van der Waals surface area (Å²) in [5, 5.41) is 20.5. The molecule has 0 unspecified atom stereocenters. The van der Waals surface area contributed by atoms with E-state index in [2.05, 4.69) is 32.1 Å². The predicted octanol–water partition coefficient (Wildman–Crippen LogP) is 4.15. The Labute approximate surface area is 247 Å². The number of anilines is 2. The highest BCUT2D eigenvalue weighted by Gasteiger charge is 2.44. The van der Waals surface area contributed by atoms with Crippen LogP contribution in [0.25, 0.3) is 16.9 Å². The Bertz CT molecular complexity index is 1910. The molecule has 8 rings (SSSR count). The average Bonchev–Trinajstić information content (AvgIpc) is 3.47. The van der Waals surface area contributed by atoms with E-state index in [9.17, 15) is 9.59 Å². The number of nitrogens with zero attached hydrogens (tertiary/aromatic N) is 8. The van der Waals surface area contributed by atoms with E-state index in [1.807, 2.05) is 66.0 Å². The van der Waals surface area contributed by atoms with Crippen LogP contribution in [0.5, 0.6) is 5.75 Å². The first-order valence-corrected chi connectivity index (χ1v) is 14.7. The molecule has 2 fully saturated rings. The first-order chi connectivity index (χ1) is 20.9. The zero-order valence-electron chi connectivity index (χ0n) is 24.0. The molecule has 1 saturated carbocycles. The SMILES string of the molecule is Cn1nccc1Nc1ccc2c(c1)C(=O)CC1(CCN(C(=O)c3ccc4c(c3)c(C3CC3)cn4-c3nnnn3C)CC1)O2. The number of nitrogens with one attached hydrogen (secondary N) is 1. The van der Waals surface area contributed by atoms with E-state index in [-0.39, 0.29) is 11.7 Å². The van der Waals surface area contributed by atoms with Crippen molar-refractivity contribution in [1.82, 2.24) is 39.5 Å². The molecule has 1 aliphatic carbocycles. The van der Waals surface area contributed by atoms with E-state index in [0.717, 1.165) is 35.2 Å².